The lowest BCUT2D eigenvalue weighted by molar-refractivity contribution is 0.551. The smallest absolute Gasteiger partial charge is 0.207 e. The van der Waals surface area contributed by atoms with Gasteiger partial charge in [-0.2, -0.15) is 4.31 Å². The molecule has 3 atom stereocenters. The van der Waals surface area contributed by atoms with Gasteiger partial charge in [0, 0.05) is 0 Å². The molecule has 0 bridgehead atoms. The molecule has 0 aromatic heterocycles. The van der Waals surface area contributed by atoms with Crippen molar-refractivity contribution in [2.45, 2.75) is 36.6 Å². The number of sulfonamides is 1. The van der Waals surface area contributed by atoms with E-state index >= 15 is 0 Å². The fraction of sp³-hybridized carbons (Fsp3) is 0.263. The van der Waals surface area contributed by atoms with Crippen LogP contribution < -0.4 is 0 Å². The van der Waals surface area contributed by atoms with Gasteiger partial charge in [-0.3, -0.25) is 0 Å². The standard InChI is InChI=1S/C19H21NO2SSi/c1-24(2,3)15-14-18-19(16-10-6-4-7-11-16)20(18)23(21,22)17-12-8-5-9-13-17/h4-13,18-19H,1-3H3/t18-,19+,20?/m0/s1. The van der Waals surface area contributed by atoms with E-state index in [0.717, 1.165) is 5.56 Å². The van der Waals surface area contributed by atoms with E-state index in [0.29, 0.717) is 4.90 Å². The van der Waals surface area contributed by atoms with Gasteiger partial charge in [-0.15, -0.1) is 5.54 Å². The zero-order chi connectivity index (χ0) is 17.4. The lowest BCUT2D eigenvalue weighted by Crippen LogP contribution is -2.18. The van der Waals surface area contributed by atoms with Crippen LogP contribution in [-0.2, 0) is 10.0 Å². The minimum Gasteiger partial charge on any atom is -0.207 e. The minimum atomic E-state index is -3.53. The van der Waals surface area contributed by atoms with Gasteiger partial charge in [-0.25, -0.2) is 8.42 Å². The lowest BCUT2D eigenvalue weighted by atomic mass is 10.1. The quantitative estimate of drug-likeness (QED) is 0.478. The highest BCUT2D eigenvalue weighted by molar-refractivity contribution is 7.89. The summed E-state index contributed by atoms with van der Waals surface area (Å²) in [4.78, 5) is 0.322. The summed E-state index contributed by atoms with van der Waals surface area (Å²) in [6.07, 6.45) is 0. The molecule has 1 unspecified atom stereocenters. The summed E-state index contributed by atoms with van der Waals surface area (Å²) in [6.45, 7) is 6.49. The zero-order valence-corrected chi connectivity index (χ0v) is 15.9. The van der Waals surface area contributed by atoms with Crippen LogP contribution in [0.25, 0.3) is 0 Å². The third-order valence-corrected chi connectivity index (χ3v) is 6.58. The van der Waals surface area contributed by atoms with Crippen molar-refractivity contribution >= 4 is 18.1 Å². The van der Waals surface area contributed by atoms with E-state index in [1.165, 1.54) is 4.31 Å². The maximum absolute atomic E-state index is 13.0. The summed E-state index contributed by atoms with van der Waals surface area (Å²) < 4.78 is 27.5. The molecule has 1 heterocycles. The van der Waals surface area contributed by atoms with Crippen LogP contribution in [-0.4, -0.2) is 26.8 Å². The van der Waals surface area contributed by atoms with E-state index in [1.807, 2.05) is 36.4 Å². The van der Waals surface area contributed by atoms with Crippen LogP contribution in [0.15, 0.2) is 65.6 Å². The molecule has 3 rings (SSSR count). The minimum absolute atomic E-state index is 0.194. The second-order valence-electron chi connectivity index (χ2n) is 6.97. The van der Waals surface area contributed by atoms with Gasteiger partial charge in [0.2, 0.25) is 10.0 Å². The second-order valence-corrected chi connectivity index (χ2v) is 13.6. The van der Waals surface area contributed by atoms with E-state index in [1.54, 1.807) is 24.3 Å². The topological polar surface area (TPSA) is 37.1 Å². The first-order chi connectivity index (χ1) is 11.3. The molecule has 5 heteroatoms. The first-order valence-corrected chi connectivity index (χ1v) is 12.9. The summed E-state index contributed by atoms with van der Waals surface area (Å²) >= 11 is 0. The van der Waals surface area contributed by atoms with Crippen molar-refractivity contribution in [2.75, 3.05) is 0 Å². The second kappa shape index (κ2) is 6.21. The molecule has 24 heavy (non-hydrogen) atoms. The number of benzene rings is 2. The van der Waals surface area contributed by atoms with Gasteiger partial charge >= 0.3 is 0 Å². The molecule has 1 saturated heterocycles. The van der Waals surface area contributed by atoms with Gasteiger partial charge in [-0.05, 0) is 17.7 Å². The van der Waals surface area contributed by atoms with Crippen molar-refractivity contribution in [1.82, 2.24) is 4.31 Å². The van der Waals surface area contributed by atoms with E-state index < -0.39 is 18.1 Å². The molecule has 0 amide bonds. The molecule has 1 fully saturated rings. The maximum atomic E-state index is 13.0. The van der Waals surface area contributed by atoms with E-state index in [-0.39, 0.29) is 12.1 Å². The number of hydrogen-bond acceptors (Lipinski definition) is 2. The number of nitrogens with zero attached hydrogens (tertiary/aromatic N) is 1. The van der Waals surface area contributed by atoms with Gasteiger partial charge in [0.15, 0.2) is 0 Å². The molecule has 3 nitrogen and oxygen atoms in total. The number of rotatable bonds is 3. The average Bonchev–Trinajstić information content (AvgIpc) is 3.29. The third kappa shape index (κ3) is 3.46. The molecule has 1 aliphatic heterocycles. The van der Waals surface area contributed by atoms with Crippen LogP contribution in [0.4, 0.5) is 0 Å². The van der Waals surface area contributed by atoms with Crippen molar-refractivity contribution in [3.63, 3.8) is 0 Å². The predicted molar refractivity (Wildman–Crippen MR) is 99.6 cm³/mol. The summed E-state index contributed by atoms with van der Waals surface area (Å²) in [5.74, 6) is 3.23. The molecule has 1 aliphatic rings. The Morgan fingerprint density at radius 3 is 2.00 bits per heavy atom. The van der Waals surface area contributed by atoms with Crippen LogP contribution in [0.5, 0.6) is 0 Å². The highest BCUT2D eigenvalue weighted by atomic mass is 32.2. The Labute approximate surface area is 145 Å². The highest BCUT2D eigenvalue weighted by Gasteiger charge is 2.55. The SMILES string of the molecule is C[Si](C)(C)C#C[C@H]1[C@@H](c2ccccc2)N1S(=O)(=O)c1ccccc1. The van der Waals surface area contributed by atoms with Crippen LogP contribution in [0.1, 0.15) is 11.6 Å². The van der Waals surface area contributed by atoms with Gasteiger partial charge in [0.1, 0.15) is 14.1 Å². The van der Waals surface area contributed by atoms with Gasteiger partial charge in [0.25, 0.3) is 0 Å². The Morgan fingerprint density at radius 1 is 0.917 bits per heavy atom. The van der Waals surface area contributed by atoms with Crippen LogP contribution in [0.3, 0.4) is 0 Å². The summed E-state index contributed by atoms with van der Waals surface area (Å²) in [5.41, 5.74) is 4.31. The largest absolute Gasteiger partial charge is 0.244 e. The lowest BCUT2D eigenvalue weighted by Gasteiger charge is -2.06. The number of hydrogen-bond donors (Lipinski definition) is 0. The van der Waals surface area contributed by atoms with Crippen molar-refractivity contribution in [3.05, 3.63) is 66.2 Å². The van der Waals surface area contributed by atoms with Crippen LogP contribution in [0, 0.1) is 11.5 Å². The fourth-order valence-electron chi connectivity index (χ4n) is 2.64. The Kier molecular flexibility index (Phi) is 4.39. The Hall–Kier alpha value is -1.87. The normalized spacial score (nSPS) is 23.2. The molecule has 0 N–H and O–H groups in total. The molecule has 124 valence electrons. The van der Waals surface area contributed by atoms with Crippen molar-refractivity contribution < 1.29 is 8.42 Å². The van der Waals surface area contributed by atoms with Gasteiger partial charge in [0.05, 0.1) is 10.9 Å². The first-order valence-electron chi connectivity index (χ1n) is 7.97. The van der Waals surface area contributed by atoms with Crippen molar-refractivity contribution in [1.29, 1.82) is 0 Å². The first kappa shape index (κ1) is 17.0. The molecule has 2 aromatic rings. The molecule has 2 aromatic carbocycles. The molecule has 0 saturated carbocycles. The predicted octanol–water partition coefficient (Wildman–Crippen LogP) is 3.68. The summed E-state index contributed by atoms with van der Waals surface area (Å²) in [7, 11) is -5.09. The fourth-order valence-corrected chi connectivity index (χ4v) is 4.91. The molecule has 0 spiro atoms. The van der Waals surface area contributed by atoms with Gasteiger partial charge in [-0.1, -0.05) is 74.1 Å². The summed E-state index contributed by atoms with van der Waals surface area (Å²) in [5, 5.41) is 0. The average molecular weight is 356 g/mol. The molecule has 0 radical (unpaired) electrons. The molecular formula is C19H21NO2SSi. The third-order valence-electron chi connectivity index (χ3n) is 3.81. The van der Waals surface area contributed by atoms with Crippen LogP contribution in [0.2, 0.25) is 19.6 Å². The Balaban J connectivity index is 1.99. The zero-order valence-electron chi connectivity index (χ0n) is 14.1. The van der Waals surface area contributed by atoms with E-state index in [9.17, 15) is 8.42 Å². The van der Waals surface area contributed by atoms with Crippen molar-refractivity contribution in [2.24, 2.45) is 0 Å². The molecule has 0 aliphatic carbocycles. The highest BCUT2D eigenvalue weighted by Crippen LogP contribution is 2.47. The summed E-state index contributed by atoms with van der Waals surface area (Å²) in [6, 6.07) is 17.9. The van der Waals surface area contributed by atoms with Crippen molar-refractivity contribution in [3.8, 4) is 11.5 Å². The van der Waals surface area contributed by atoms with E-state index in [2.05, 4.69) is 31.1 Å². The van der Waals surface area contributed by atoms with Crippen LogP contribution >= 0.6 is 0 Å². The maximum Gasteiger partial charge on any atom is 0.244 e. The van der Waals surface area contributed by atoms with Gasteiger partial charge < -0.3 is 0 Å². The Bertz CT molecular complexity index is 878. The monoisotopic (exact) mass is 355 g/mol. The molecular weight excluding hydrogens is 334 g/mol. The van der Waals surface area contributed by atoms with E-state index in [4.69, 9.17) is 0 Å². The Morgan fingerprint density at radius 2 is 1.46 bits per heavy atom.